The predicted molar refractivity (Wildman–Crippen MR) is 100.0 cm³/mol. The van der Waals surface area contributed by atoms with Crippen molar-refractivity contribution in [3.05, 3.63) is 41.4 Å². The van der Waals surface area contributed by atoms with Gasteiger partial charge in [-0.2, -0.15) is 5.10 Å². The number of halogens is 2. The summed E-state index contributed by atoms with van der Waals surface area (Å²) in [5.41, 5.74) is 7.28. The maximum Gasteiger partial charge on any atom is 0.162 e. The van der Waals surface area contributed by atoms with Crippen LogP contribution in [0.2, 0.25) is 0 Å². The minimum atomic E-state index is -0.506. The fraction of sp³-hybridized carbons (Fsp3) is 0.250. The summed E-state index contributed by atoms with van der Waals surface area (Å²) in [6, 6.07) is 3.81. The zero-order valence-electron chi connectivity index (χ0n) is 13.5. The molecule has 0 amide bonds. The third-order valence-corrected chi connectivity index (χ3v) is 3.72. The topological polar surface area (TPSA) is 106 Å². The van der Waals surface area contributed by atoms with Gasteiger partial charge in [-0.3, -0.25) is 14.8 Å². The van der Waals surface area contributed by atoms with Crippen molar-refractivity contribution in [1.82, 2.24) is 0 Å². The van der Waals surface area contributed by atoms with Gasteiger partial charge in [0.25, 0.3) is 0 Å². The van der Waals surface area contributed by atoms with Crippen molar-refractivity contribution < 1.29 is 9.18 Å². The van der Waals surface area contributed by atoms with Crippen molar-refractivity contribution in [2.45, 2.75) is 20.3 Å². The van der Waals surface area contributed by atoms with Gasteiger partial charge in [0, 0.05) is 30.3 Å². The SMILES string of the molecule is CCN=C(Br)C(=CN)CC(C=NN)=Nc1ccc(F)cc1C(C)=O. The van der Waals surface area contributed by atoms with Gasteiger partial charge in [-0.25, -0.2) is 4.39 Å². The lowest BCUT2D eigenvalue weighted by molar-refractivity contribution is 0.101. The molecule has 0 aliphatic carbocycles. The van der Waals surface area contributed by atoms with E-state index in [4.69, 9.17) is 11.6 Å². The third-order valence-electron chi connectivity index (χ3n) is 2.96. The van der Waals surface area contributed by atoms with Crippen LogP contribution in [0.4, 0.5) is 10.1 Å². The van der Waals surface area contributed by atoms with Crippen LogP contribution in [0, 0.1) is 5.82 Å². The molecule has 1 rings (SSSR count). The number of hydrazone groups is 1. The number of carbonyl (C=O) groups excluding carboxylic acids is 1. The summed E-state index contributed by atoms with van der Waals surface area (Å²) in [7, 11) is 0. The highest BCUT2D eigenvalue weighted by atomic mass is 79.9. The zero-order valence-corrected chi connectivity index (χ0v) is 15.0. The Morgan fingerprint density at radius 2 is 2.12 bits per heavy atom. The number of hydrogen-bond acceptors (Lipinski definition) is 6. The Kier molecular flexibility index (Phi) is 7.97. The summed E-state index contributed by atoms with van der Waals surface area (Å²) < 4.78 is 13.9. The third kappa shape index (κ3) is 5.69. The molecule has 6 nitrogen and oxygen atoms in total. The van der Waals surface area contributed by atoms with E-state index in [1.54, 1.807) is 0 Å². The predicted octanol–water partition coefficient (Wildman–Crippen LogP) is 3.09. The Morgan fingerprint density at radius 1 is 1.42 bits per heavy atom. The molecule has 128 valence electrons. The quantitative estimate of drug-likeness (QED) is 0.320. The zero-order chi connectivity index (χ0) is 18.1. The minimum absolute atomic E-state index is 0.178. The number of aliphatic imine (C=N–C) groups is 2. The second-order valence-electron chi connectivity index (χ2n) is 4.73. The normalized spacial score (nSPS) is 13.6. The maximum atomic E-state index is 13.4. The Labute approximate surface area is 148 Å². The number of rotatable bonds is 7. The molecule has 0 unspecified atom stereocenters. The van der Waals surface area contributed by atoms with Gasteiger partial charge in [-0.1, -0.05) is 0 Å². The largest absolute Gasteiger partial charge is 0.404 e. The van der Waals surface area contributed by atoms with Crippen LogP contribution in [0.5, 0.6) is 0 Å². The number of nitrogens with zero attached hydrogens (tertiary/aromatic N) is 3. The van der Waals surface area contributed by atoms with Crippen molar-refractivity contribution in [2.75, 3.05) is 6.54 Å². The Balaban J connectivity index is 3.29. The first kappa shape index (κ1) is 19.7. The summed E-state index contributed by atoms with van der Waals surface area (Å²) in [6.07, 6.45) is 3.04. The second-order valence-corrected chi connectivity index (χ2v) is 5.48. The molecular formula is C16H19BrFN5O. The lowest BCUT2D eigenvalue weighted by Gasteiger charge is -2.07. The molecule has 0 heterocycles. The van der Waals surface area contributed by atoms with Crippen molar-refractivity contribution in [3.8, 4) is 0 Å². The monoisotopic (exact) mass is 395 g/mol. The summed E-state index contributed by atoms with van der Waals surface area (Å²) in [6.45, 7) is 3.82. The molecular weight excluding hydrogens is 377 g/mol. The number of ketones is 1. The van der Waals surface area contributed by atoms with Crippen molar-refractivity contribution in [3.63, 3.8) is 0 Å². The molecule has 0 aromatic heterocycles. The first-order chi connectivity index (χ1) is 11.4. The van der Waals surface area contributed by atoms with E-state index in [9.17, 15) is 9.18 Å². The number of benzene rings is 1. The van der Waals surface area contributed by atoms with Crippen LogP contribution in [0.25, 0.3) is 0 Å². The lowest BCUT2D eigenvalue weighted by atomic mass is 10.1. The van der Waals surface area contributed by atoms with Crippen LogP contribution in [0.3, 0.4) is 0 Å². The highest BCUT2D eigenvalue weighted by molar-refractivity contribution is 9.18. The molecule has 24 heavy (non-hydrogen) atoms. The van der Waals surface area contributed by atoms with Gasteiger partial charge in [-0.15, -0.1) is 0 Å². The molecule has 1 aromatic rings. The Bertz CT molecular complexity index is 725. The van der Waals surface area contributed by atoms with E-state index in [1.807, 2.05) is 6.92 Å². The number of nitrogens with two attached hydrogens (primary N) is 2. The van der Waals surface area contributed by atoms with E-state index in [-0.39, 0.29) is 17.8 Å². The molecule has 4 N–H and O–H groups in total. The van der Waals surface area contributed by atoms with Crippen LogP contribution < -0.4 is 11.6 Å². The minimum Gasteiger partial charge on any atom is -0.404 e. The second kappa shape index (κ2) is 9.71. The van der Waals surface area contributed by atoms with Crippen LogP contribution in [0.1, 0.15) is 30.6 Å². The van der Waals surface area contributed by atoms with Gasteiger partial charge in [0.15, 0.2) is 5.78 Å². The smallest absolute Gasteiger partial charge is 0.162 e. The van der Waals surface area contributed by atoms with Gasteiger partial charge in [0.05, 0.1) is 17.6 Å². The Morgan fingerprint density at radius 3 is 2.67 bits per heavy atom. The molecule has 1 aromatic carbocycles. The van der Waals surface area contributed by atoms with Crippen LogP contribution in [-0.4, -0.2) is 28.9 Å². The standard InChI is InChI=1S/C16H19BrFN5O/c1-3-21-16(17)11(8-19)6-13(9-22-20)23-15-5-4-12(18)7-14(15)10(2)24/h4-5,7-9H,3,6,19-20H2,1-2H3. The highest BCUT2D eigenvalue weighted by Crippen LogP contribution is 2.22. The summed E-state index contributed by atoms with van der Waals surface area (Å²) in [4.78, 5) is 20.3. The molecule has 0 spiro atoms. The Hall–Kier alpha value is -2.35. The molecule has 0 atom stereocenters. The summed E-state index contributed by atoms with van der Waals surface area (Å²) >= 11 is 3.34. The number of carbonyl (C=O) groups is 1. The van der Waals surface area contributed by atoms with E-state index in [0.29, 0.717) is 28.1 Å². The van der Waals surface area contributed by atoms with Crippen LogP contribution in [0.15, 0.2) is 45.1 Å². The van der Waals surface area contributed by atoms with E-state index >= 15 is 0 Å². The van der Waals surface area contributed by atoms with E-state index < -0.39 is 5.82 Å². The molecule has 8 heteroatoms. The van der Waals surface area contributed by atoms with Gasteiger partial charge >= 0.3 is 0 Å². The first-order valence-electron chi connectivity index (χ1n) is 7.15. The molecule has 0 aliphatic heterocycles. The fourth-order valence-electron chi connectivity index (χ4n) is 1.88. The number of hydrogen-bond donors (Lipinski definition) is 2. The van der Waals surface area contributed by atoms with E-state index in [0.717, 1.165) is 6.07 Å². The number of allylic oxidation sites excluding steroid dienone is 1. The molecule has 0 radical (unpaired) electrons. The number of Topliss-reactive ketones (excluding diaryl/α,β-unsaturated/α-hetero) is 1. The van der Waals surface area contributed by atoms with Gasteiger partial charge in [0.1, 0.15) is 10.4 Å². The lowest BCUT2D eigenvalue weighted by Crippen LogP contribution is -2.09. The molecule has 0 bridgehead atoms. The molecule has 0 saturated heterocycles. The molecule has 0 saturated carbocycles. The summed E-state index contributed by atoms with van der Waals surface area (Å²) in [5, 5.41) is 3.48. The average molecular weight is 396 g/mol. The van der Waals surface area contributed by atoms with Crippen LogP contribution >= 0.6 is 15.9 Å². The fourth-order valence-corrected chi connectivity index (χ4v) is 2.40. The van der Waals surface area contributed by atoms with Crippen molar-refractivity contribution in [1.29, 1.82) is 0 Å². The molecule has 0 aliphatic rings. The van der Waals surface area contributed by atoms with Crippen LogP contribution in [-0.2, 0) is 0 Å². The maximum absolute atomic E-state index is 13.4. The van der Waals surface area contributed by atoms with Crippen molar-refractivity contribution in [2.24, 2.45) is 26.7 Å². The van der Waals surface area contributed by atoms with E-state index in [1.165, 1.54) is 31.5 Å². The average Bonchev–Trinajstić information content (AvgIpc) is 2.54. The summed E-state index contributed by atoms with van der Waals surface area (Å²) in [5.74, 6) is 4.43. The van der Waals surface area contributed by atoms with Gasteiger partial charge in [0.2, 0.25) is 0 Å². The van der Waals surface area contributed by atoms with E-state index in [2.05, 4.69) is 31.0 Å². The van der Waals surface area contributed by atoms with Gasteiger partial charge in [-0.05, 0) is 48.0 Å². The molecule has 0 fully saturated rings. The van der Waals surface area contributed by atoms with Gasteiger partial charge < -0.3 is 11.6 Å². The van der Waals surface area contributed by atoms with Crippen molar-refractivity contribution >= 4 is 43.9 Å². The first-order valence-corrected chi connectivity index (χ1v) is 7.94. The highest BCUT2D eigenvalue weighted by Gasteiger charge is 2.11.